The van der Waals surface area contributed by atoms with E-state index in [2.05, 4.69) is 17.5 Å². The molecule has 1 amide bonds. The Kier molecular flexibility index (Phi) is 6.99. The van der Waals surface area contributed by atoms with Gasteiger partial charge in [0.2, 0.25) is 5.91 Å². The molecule has 184 valence electrons. The van der Waals surface area contributed by atoms with Gasteiger partial charge in [-0.25, -0.2) is 8.78 Å². The fourth-order valence-corrected chi connectivity index (χ4v) is 5.14. The summed E-state index contributed by atoms with van der Waals surface area (Å²) in [6, 6.07) is 20.9. The molecule has 1 heterocycles. The van der Waals surface area contributed by atoms with Crippen molar-refractivity contribution in [3.8, 4) is 5.75 Å². The molecule has 1 atom stereocenters. The molecule has 3 aromatic carbocycles. The molecule has 5 rings (SSSR count). The highest BCUT2D eigenvalue weighted by Gasteiger charge is 2.55. The average Bonchev–Trinajstić information content (AvgIpc) is 3.63. The van der Waals surface area contributed by atoms with Crippen molar-refractivity contribution < 1.29 is 18.3 Å². The van der Waals surface area contributed by atoms with Crippen molar-refractivity contribution in [2.24, 2.45) is 5.92 Å². The summed E-state index contributed by atoms with van der Waals surface area (Å²) >= 11 is 0. The minimum absolute atomic E-state index is 0.00651. The second-order valence-electron chi connectivity index (χ2n) is 9.54. The van der Waals surface area contributed by atoms with Gasteiger partial charge in [0, 0.05) is 17.5 Å². The highest BCUT2D eigenvalue weighted by molar-refractivity contribution is 5.87. The van der Waals surface area contributed by atoms with E-state index in [4.69, 9.17) is 4.74 Å². The van der Waals surface area contributed by atoms with Gasteiger partial charge < -0.3 is 10.1 Å². The molecule has 1 fully saturated rings. The lowest BCUT2D eigenvalue weighted by Gasteiger charge is -2.18. The first-order valence-corrected chi connectivity index (χ1v) is 12.4. The molecule has 0 aromatic heterocycles. The maximum absolute atomic E-state index is 14.0. The molecular weight excluding hydrogens is 456 g/mol. The highest BCUT2D eigenvalue weighted by atomic mass is 19.1. The van der Waals surface area contributed by atoms with Crippen LogP contribution in [0.4, 0.5) is 8.78 Å². The molecule has 5 heteroatoms. The van der Waals surface area contributed by atoms with Crippen LogP contribution in [-0.4, -0.2) is 19.1 Å². The minimum atomic E-state index is -0.518. The first-order chi connectivity index (χ1) is 17.5. The Morgan fingerprint density at radius 1 is 0.972 bits per heavy atom. The Labute approximate surface area is 210 Å². The normalized spacial score (nSPS) is 17.7. The van der Waals surface area contributed by atoms with Gasteiger partial charge in [0.1, 0.15) is 24.0 Å². The SMILES string of the molecule is O=C(C=C[C@@H]1CC1(c1cccc(F)c1)c1cccc(F)c1)NCCCCC1=Cc2ccccc2OC1. The number of amides is 1. The van der Waals surface area contributed by atoms with Crippen molar-refractivity contribution in [2.75, 3.05) is 13.2 Å². The molecule has 2 aliphatic rings. The van der Waals surface area contributed by atoms with Crippen molar-refractivity contribution in [1.29, 1.82) is 0 Å². The van der Waals surface area contributed by atoms with Crippen LogP contribution < -0.4 is 10.1 Å². The second kappa shape index (κ2) is 10.5. The number of rotatable bonds is 9. The molecule has 1 N–H and O–H groups in total. The number of para-hydroxylation sites is 1. The predicted octanol–water partition coefficient (Wildman–Crippen LogP) is 6.59. The van der Waals surface area contributed by atoms with Crippen LogP contribution in [0.1, 0.15) is 42.4 Å². The van der Waals surface area contributed by atoms with E-state index >= 15 is 0 Å². The molecule has 3 nitrogen and oxygen atoms in total. The maximum Gasteiger partial charge on any atom is 0.243 e. The zero-order valence-electron chi connectivity index (χ0n) is 20.1. The molecule has 3 aromatic rings. The third-order valence-corrected chi connectivity index (χ3v) is 7.09. The summed E-state index contributed by atoms with van der Waals surface area (Å²) in [5, 5.41) is 2.95. The summed E-state index contributed by atoms with van der Waals surface area (Å²) in [5.74, 6) is 0.122. The topological polar surface area (TPSA) is 38.3 Å². The average molecular weight is 486 g/mol. The van der Waals surface area contributed by atoms with Crippen LogP contribution in [0.25, 0.3) is 6.08 Å². The van der Waals surface area contributed by atoms with Crippen LogP contribution in [0.3, 0.4) is 0 Å². The first kappa shape index (κ1) is 24.0. The van der Waals surface area contributed by atoms with Gasteiger partial charge in [-0.3, -0.25) is 4.79 Å². The fourth-order valence-electron chi connectivity index (χ4n) is 5.14. The van der Waals surface area contributed by atoms with Gasteiger partial charge in [-0.2, -0.15) is 0 Å². The summed E-state index contributed by atoms with van der Waals surface area (Å²) in [6.45, 7) is 1.21. The van der Waals surface area contributed by atoms with Gasteiger partial charge in [0.15, 0.2) is 0 Å². The van der Waals surface area contributed by atoms with E-state index in [1.165, 1.54) is 29.8 Å². The number of ether oxygens (including phenoxy) is 1. The van der Waals surface area contributed by atoms with E-state index in [9.17, 15) is 13.6 Å². The van der Waals surface area contributed by atoms with Crippen molar-refractivity contribution in [2.45, 2.75) is 31.1 Å². The number of hydrogen-bond acceptors (Lipinski definition) is 2. The molecule has 0 radical (unpaired) electrons. The number of benzene rings is 3. The Balaban J connectivity index is 1.13. The lowest BCUT2D eigenvalue weighted by atomic mass is 9.85. The quantitative estimate of drug-likeness (QED) is 0.274. The number of fused-ring (bicyclic) bond motifs is 1. The van der Waals surface area contributed by atoms with E-state index in [-0.39, 0.29) is 23.5 Å². The molecule has 1 aliphatic heterocycles. The zero-order chi connectivity index (χ0) is 25.0. The van der Waals surface area contributed by atoms with Gasteiger partial charge >= 0.3 is 0 Å². The molecule has 1 saturated carbocycles. The Bertz CT molecular complexity index is 1270. The largest absolute Gasteiger partial charge is 0.489 e. The third-order valence-electron chi connectivity index (χ3n) is 7.09. The van der Waals surface area contributed by atoms with E-state index < -0.39 is 5.41 Å². The van der Waals surface area contributed by atoms with Crippen LogP contribution in [-0.2, 0) is 10.2 Å². The molecule has 1 aliphatic carbocycles. The van der Waals surface area contributed by atoms with Crippen LogP contribution in [0.2, 0.25) is 0 Å². The molecule has 0 saturated heterocycles. The fraction of sp³-hybridized carbons (Fsp3) is 0.258. The standard InChI is InChI=1S/C31H29F2NO2/c32-27-11-5-9-24(18-27)31(25-10-6-12-28(33)19-25)20-26(31)14-15-30(35)34-16-4-3-7-22-17-23-8-1-2-13-29(23)36-21-22/h1-2,5-6,8-15,17-19,26H,3-4,7,16,20-21H2,(H,34,35)/t26-/m1/s1. The van der Waals surface area contributed by atoms with Crippen LogP contribution in [0, 0.1) is 17.6 Å². The van der Waals surface area contributed by atoms with Crippen LogP contribution >= 0.6 is 0 Å². The third kappa shape index (κ3) is 5.25. The number of unbranched alkanes of at least 4 members (excludes halogenated alkanes) is 1. The molecule has 0 spiro atoms. The molecule has 0 unspecified atom stereocenters. The van der Waals surface area contributed by atoms with E-state index in [1.54, 1.807) is 18.2 Å². The summed E-state index contributed by atoms with van der Waals surface area (Å²) in [7, 11) is 0. The summed E-state index contributed by atoms with van der Waals surface area (Å²) in [4.78, 5) is 12.4. The molecular formula is C31H29F2NO2. The zero-order valence-corrected chi connectivity index (χ0v) is 20.1. The first-order valence-electron chi connectivity index (χ1n) is 12.4. The van der Waals surface area contributed by atoms with Crippen LogP contribution in [0.5, 0.6) is 5.75 Å². The summed E-state index contributed by atoms with van der Waals surface area (Å²) in [5.41, 5.74) is 3.46. The number of carbonyl (C=O) groups is 1. The second-order valence-corrected chi connectivity index (χ2v) is 9.54. The lowest BCUT2D eigenvalue weighted by molar-refractivity contribution is -0.116. The van der Waals surface area contributed by atoms with Gasteiger partial charge in [0.05, 0.1) is 0 Å². The molecule has 36 heavy (non-hydrogen) atoms. The van der Waals surface area contributed by atoms with Crippen LogP contribution in [0.15, 0.2) is 90.5 Å². The highest BCUT2D eigenvalue weighted by Crippen LogP contribution is 2.59. The summed E-state index contributed by atoms with van der Waals surface area (Å²) in [6.07, 6.45) is 9.09. The van der Waals surface area contributed by atoms with E-state index in [0.29, 0.717) is 19.6 Å². The Morgan fingerprint density at radius 3 is 2.42 bits per heavy atom. The summed E-state index contributed by atoms with van der Waals surface area (Å²) < 4.78 is 33.8. The number of halogens is 2. The number of nitrogens with one attached hydrogen (secondary N) is 1. The van der Waals surface area contributed by atoms with Crippen molar-refractivity contribution >= 4 is 12.0 Å². The van der Waals surface area contributed by atoms with Gasteiger partial charge in [0.25, 0.3) is 0 Å². The monoisotopic (exact) mass is 485 g/mol. The Hall–Kier alpha value is -3.73. The molecule has 0 bridgehead atoms. The Morgan fingerprint density at radius 2 is 1.69 bits per heavy atom. The number of carbonyl (C=O) groups excluding carboxylic acids is 1. The van der Waals surface area contributed by atoms with Crippen molar-refractivity contribution in [1.82, 2.24) is 5.32 Å². The smallest absolute Gasteiger partial charge is 0.243 e. The van der Waals surface area contributed by atoms with Gasteiger partial charge in [-0.15, -0.1) is 0 Å². The maximum atomic E-state index is 14.0. The van der Waals surface area contributed by atoms with Crippen molar-refractivity contribution in [3.05, 3.63) is 119 Å². The van der Waals surface area contributed by atoms with Gasteiger partial charge in [-0.05, 0) is 90.8 Å². The number of hydrogen-bond donors (Lipinski definition) is 1. The lowest BCUT2D eigenvalue weighted by Crippen LogP contribution is -2.22. The van der Waals surface area contributed by atoms with E-state index in [0.717, 1.165) is 41.7 Å². The minimum Gasteiger partial charge on any atom is -0.489 e. The van der Waals surface area contributed by atoms with Crippen molar-refractivity contribution in [3.63, 3.8) is 0 Å². The van der Waals surface area contributed by atoms with E-state index in [1.807, 2.05) is 36.4 Å². The number of allylic oxidation sites excluding steroid dienone is 1. The predicted molar refractivity (Wildman–Crippen MR) is 138 cm³/mol. The van der Waals surface area contributed by atoms with Gasteiger partial charge in [-0.1, -0.05) is 48.5 Å².